The lowest BCUT2D eigenvalue weighted by molar-refractivity contribution is -0.131. The van der Waals surface area contributed by atoms with E-state index in [1.54, 1.807) is 0 Å². The molecule has 2 rings (SSSR count). The highest BCUT2D eigenvalue weighted by atomic mass is 35.5. The van der Waals surface area contributed by atoms with Crippen LogP contribution in [0.5, 0.6) is 0 Å². The Morgan fingerprint density at radius 1 is 1.50 bits per heavy atom. The Bertz CT molecular complexity index is 481. The molecule has 1 aromatic rings. The number of rotatable bonds is 4. The van der Waals surface area contributed by atoms with Crippen molar-refractivity contribution >= 4 is 29.3 Å². The second kappa shape index (κ2) is 5.44. The van der Waals surface area contributed by atoms with Crippen molar-refractivity contribution in [3.8, 4) is 0 Å². The Balaban J connectivity index is 2.16. The van der Waals surface area contributed by atoms with Crippen LogP contribution in [0.15, 0.2) is 24.3 Å². The fraction of sp³-hybridized carbons (Fsp3) is 0.357. The number of aliphatic carboxylic acids is 1. The molecule has 1 saturated carbocycles. The normalized spacial score (nSPS) is 15.7. The fourth-order valence-electron chi connectivity index (χ4n) is 2.02. The molecule has 1 aromatic carbocycles. The maximum atomic E-state index is 10.5. The largest absolute Gasteiger partial charge is 0.478 e. The number of halogens is 1. The van der Waals surface area contributed by atoms with Crippen LogP contribution in [-0.2, 0) is 4.79 Å². The Kier molecular flexibility index (Phi) is 3.92. The van der Waals surface area contributed by atoms with Crippen LogP contribution in [0.3, 0.4) is 0 Å². The Labute approximate surface area is 112 Å². The van der Waals surface area contributed by atoms with Crippen LogP contribution in [0.4, 0.5) is 5.69 Å². The van der Waals surface area contributed by atoms with Gasteiger partial charge < -0.3 is 10.0 Å². The van der Waals surface area contributed by atoms with E-state index < -0.39 is 5.97 Å². The van der Waals surface area contributed by atoms with E-state index in [0.29, 0.717) is 11.1 Å². The van der Waals surface area contributed by atoms with Gasteiger partial charge in [-0.15, -0.1) is 0 Å². The van der Waals surface area contributed by atoms with E-state index >= 15 is 0 Å². The van der Waals surface area contributed by atoms with Crippen LogP contribution < -0.4 is 4.90 Å². The molecule has 3 nitrogen and oxygen atoms in total. The second-order valence-electron chi connectivity index (χ2n) is 4.57. The Morgan fingerprint density at radius 3 is 2.72 bits per heavy atom. The maximum Gasteiger partial charge on any atom is 0.328 e. The summed E-state index contributed by atoms with van der Waals surface area (Å²) >= 11 is 6.15. The van der Waals surface area contributed by atoms with Gasteiger partial charge in [-0.2, -0.15) is 0 Å². The Morgan fingerprint density at radius 2 is 2.22 bits per heavy atom. The third kappa shape index (κ3) is 2.85. The predicted molar refractivity (Wildman–Crippen MR) is 74.2 cm³/mol. The zero-order valence-electron chi connectivity index (χ0n) is 10.3. The van der Waals surface area contributed by atoms with Gasteiger partial charge >= 0.3 is 5.97 Å². The summed E-state index contributed by atoms with van der Waals surface area (Å²) in [6.45, 7) is 0. The molecule has 0 aliphatic heterocycles. The molecule has 0 spiro atoms. The topological polar surface area (TPSA) is 40.5 Å². The number of carboxylic acid groups (broad SMARTS) is 1. The van der Waals surface area contributed by atoms with Crippen molar-refractivity contribution in [1.29, 1.82) is 0 Å². The van der Waals surface area contributed by atoms with Gasteiger partial charge in [-0.1, -0.05) is 17.7 Å². The zero-order valence-corrected chi connectivity index (χ0v) is 11.0. The third-order valence-corrected chi connectivity index (χ3v) is 3.75. The summed E-state index contributed by atoms with van der Waals surface area (Å²) in [4.78, 5) is 12.7. The molecule has 1 aliphatic rings. The van der Waals surface area contributed by atoms with E-state index in [2.05, 4.69) is 11.9 Å². The average Bonchev–Trinajstić information content (AvgIpc) is 2.24. The van der Waals surface area contributed by atoms with Crippen molar-refractivity contribution in [3.05, 3.63) is 34.9 Å². The lowest BCUT2D eigenvalue weighted by atomic mass is 9.91. The molecule has 4 heteroatoms. The van der Waals surface area contributed by atoms with Crippen LogP contribution in [0.25, 0.3) is 6.08 Å². The molecule has 1 fully saturated rings. The fourth-order valence-corrected chi connectivity index (χ4v) is 2.25. The highest BCUT2D eigenvalue weighted by Crippen LogP contribution is 2.30. The zero-order chi connectivity index (χ0) is 13.1. The van der Waals surface area contributed by atoms with Crippen molar-refractivity contribution in [2.24, 2.45) is 0 Å². The number of hydrogen-bond acceptors (Lipinski definition) is 2. The van der Waals surface area contributed by atoms with Crippen LogP contribution in [0.2, 0.25) is 5.02 Å². The molecule has 0 bridgehead atoms. The van der Waals surface area contributed by atoms with E-state index in [1.807, 2.05) is 18.2 Å². The summed E-state index contributed by atoms with van der Waals surface area (Å²) in [6.07, 6.45) is 6.36. The highest BCUT2D eigenvalue weighted by Gasteiger charge is 2.22. The first-order valence-corrected chi connectivity index (χ1v) is 6.39. The van der Waals surface area contributed by atoms with Crippen molar-refractivity contribution in [3.63, 3.8) is 0 Å². The predicted octanol–water partition coefficient (Wildman–Crippen LogP) is 3.43. The van der Waals surface area contributed by atoms with Gasteiger partial charge in [0.1, 0.15) is 0 Å². The first-order chi connectivity index (χ1) is 8.58. The minimum Gasteiger partial charge on any atom is -0.478 e. The number of anilines is 1. The van der Waals surface area contributed by atoms with Crippen molar-refractivity contribution in [2.75, 3.05) is 11.9 Å². The van der Waals surface area contributed by atoms with E-state index in [4.69, 9.17) is 16.7 Å². The molecule has 0 heterocycles. The number of carbonyl (C=O) groups is 1. The number of hydrogen-bond donors (Lipinski definition) is 1. The highest BCUT2D eigenvalue weighted by molar-refractivity contribution is 6.32. The van der Waals surface area contributed by atoms with E-state index in [-0.39, 0.29) is 0 Å². The summed E-state index contributed by atoms with van der Waals surface area (Å²) in [7, 11) is 2.07. The van der Waals surface area contributed by atoms with Crippen LogP contribution >= 0.6 is 11.6 Å². The van der Waals surface area contributed by atoms with Gasteiger partial charge in [0.25, 0.3) is 0 Å². The van der Waals surface area contributed by atoms with Crippen LogP contribution in [-0.4, -0.2) is 24.2 Å². The standard InChI is InChI=1S/C14H16ClNO2/c1-16(11-3-2-4-11)12-7-5-10(13(15)9-12)6-8-14(17)18/h5-9,11H,2-4H2,1H3,(H,17,18)/b8-6+. The van der Waals surface area contributed by atoms with Crippen molar-refractivity contribution in [2.45, 2.75) is 25.3 Å². The molecule has 0 radical (unpaired) electrons. The maximum absolute atomic E-state index is 10.5. The first-order valence-electron chi connectivity index (χ1n) is 6.01. The molecular formula is C14H16ClNO2. The van der Waals surface area contributed by atoms with E-state index in [1.165, 1.54) is 25.3 Å². The summed E-state index contributed by atoms with van der Waals surface area (Å²) in [6, 6.07) is 6.33. The SMILES string of the molecule is CN(c1ccc(/C=C/C(=O)O)c(Cl)c1)C1CCC1. The van der Waals surface area contributed by atoms with Gasteiger partial charge in [0.2, 0.25) is 0 Å². The van der Waals surface area contributed by atoms with Crippen LogP contribution in [0.1, 0.15) is 24.8 Å². The first kappa shape index (κ1) is 13.0. The lowest BCUT2D eigenvalue weighted by Crippen LogP contribution is -2.37. The number of benzene rings is 1. The summed E-state index contributed by atoms with van der Waals surface area (Å²) in [5, 5.41) is 9.16. The summed E-state index contributed by atoms with van der Waals surface area (Å²) in [5.74, 6) is -0.971. The minimum atomic E-state index is -0.971. The van der Waals surface area contributed by atoms with Gasteiger partial charge in [0, 0.05) is 29.9 Å². The van der Waals surface area contributed by atoms with Gasteiger partial charge in [-0.25, -0.2) is 4.79 Å². The molecule has 0 unspecified atom stereocenters. The monoisotopic (exact) mass is 265 g/mol. The molecular weight excluding hydrogens is 250 g/mol. The van der Waals surface area contributed by atoms with Gasteiger partial charge in [-0.05, 0) is 43.0 Å². The van der Waals surface area contributed by atoms with Gasteiger partial charge in [0.15, 0.2) is 0 Å². The average molecular weight is 266 g/mol. The lowest BCUT2D eigenvalue weighted by Gasteiger charge is -2.36. The summed E-state index contributed by atoms with van der Waals surface area (Å²) in [5.41, 5.74) is 1.81. The van der Waals surface area contributed by atoms with Gasteiger partial charge in [0.05, 0.1) is 0 Å². The number of carboxylic acids is 1. The molecule has 1 N–H and O–H groups in total. The molecule has 0 atom stereocenters. The Hall–Kier alpha value is -1.48. The van der Waals surface area contributed by atoms with Crippen LogP contribution in [0, 0.1) is 0 Å². The van der Waals surface area contributed by atoms with E-state index in [9.17, 15) is 4.79 Å². The van der Waals surface area contributed by atoms with E-state index in [0.717, 1.165) is 17.3 Å². The third-order valence-electron chi connectivity index (χ3n) is 3.42. The molecule has 96 valence electrons. The number of nitrogens with zero attached hydrogens (tertiary/aromatic N) is 1. The van der Waals surface area contributed by atoms with Crippen molar-refractivity contribution < 1.29 is 9.90 Å². The molecule has 0 saturated heterocycles. The summed E-state index contributed by atoms with van der Waals surface area (Å²) < 4.78 is 0. The van der Waals surface area contributed by atoms with Crippen molar-refractivity contribution in [1.82, 2.24) is 0 Å². The second-order valence-corrected chi connectivity index (χ2v) is 4.98. The molecule has 0 aromatic heterocycles. The molecule has 18 heavy (non-hydrogen) atoms. The smallest absolute Gasteiger partial charge is 0.328 e. The molecule has 0 amide bonds. The minimum absolute atomic E-state index is 0.580. The quantitative estimate of drug-likeness (QED) is 0.848. The molecule has 1 aliphatic carbocycles. The van der Waals surface area contributed by atoms with Gasteiger partial charge in [-0.3, -0.25) is 0 Å².